The second kappa shape index (κ2) is 8.49. The zero-order chi connectivity index (χ0) is 17.4. The summed E-state index contributed by atoms with van der Waals surface area (Å²) in [6, 6.07) is 14.2. The summed E-state index contributed by atoms with van der Waals surface area (Å²) in [4.78, 5) is 13.7. The van der Waals surface area contributed by atoms with Gasteiger partial charge < -0.3 is 19.7 Å². The van der Waals surface area contributed by atoms with E-state index in [1.54, 1.807) is 37.3 Å². The van der Waals surface area contributed by atoms with Crippen LogP contribution in [0.3, 0.4) is 0 Å². The number of methoxy groups -OCH3 is 1. The number of urea groups is 1. The molecule has 0 saturated heterocycles. The van der Waals surface area contributed by atoms with Crippen LogP contribution in [0.15, 0.2) is 48.5 Å². The van der Waals surface area contributed by atoms with Crippen molar-refractivity contribution in [1.29, 1.82) is 0 Å². The Labute approximate surface area is 142 Å². The number of carbonyl (C=O) groups excluding carboxylic acids is 1. The van der Waals surface area contributed by atoms with Gasteiger partial charge in [-0.2, -0.15) is 0 Å². The summed E-state index contributed by atoms with van der Waals surface area (Å²) in [5.41, 5.74) is 1.39. The predicted molar refractivity (Wildman–Crippen MR) is 94.5 cm³/mol. The number of benzene rings is 2. The lowest BCUT2D eigenvalue weighted by Gasteiger charge is -2.18. The number of amides is 2. The Morgan fingerprint density at radius 1 is 1.21 bits per heavy atom. The lowest BCUT2D eigenvalue weighted by molar-refractivity contribution is 0.207. The summed E-state index contributed by atoms with van der Waals surface area (Å²) in [5, 5.41) is 2.80. The molecule has 0 aromatic heterocycles. The number of hydrogen-bond acceptors (Lipinski definition) is 3. The minimum Gasteiger partial charge on any atom is -0.497 e. The number of nitrogens with zero attached hydrogens (tertiary/aromatic N) is 1. The topological polar surface area (TPSA) is 50.8 Å². The van der Waals surface area contributed by atoms with Crippen molar-refractivity contribution >= 4 is 11.7 Å². The minimum atomic E-state index is -0.220. The Bertz CT molecular complexity index is 720. The number of rotatable bonds is 6. The quantitative estimate of drug-likeness (QED) is 0.830. The minimum absolute atomic E-state index is 0.220. The molecule has 0 heterocycles. The predicted octanol–water partition coefficient (Wildman–Crippen LogP) is 3.22. The van der Waals surface area contributed by atoms with Gasteiger partial charge in [0, 0.05) is 18.3 Å². The largest absolute Gasteiger partial charge is 0.497 e. The van der Waals surface area contributed by atoms with Crippen LogP contribution >= 0.6 is 0 Å². The number of terminal acetylenes is 1. The third-order valence-electron chi connectivity index (χ3n) is 3.38. The molecule has 2 amide bonds. The van der Waals surface area contributed by atoms with Crippen LogP contribution in [0.2, 0.25) is 0 Å². The number of nitrogens with one attached hydrogen (secondary N) is 1. The van der Waals surface area contributed by atoms with Crippen LogP contribution in [-0.2, 0) is 0 Å². The van der Waals surface area contributed by atoms with Gasteiger partial charge in [0.25, 0.3) is 0 Å². The van der Waals surface area contributed by atoms with Crippen LogP contribution in [-0.4, -0.2) is 38.2 Å². The van der Waals surface area contributed by atoms with Crippen molar-refractivity contribution in [2.45, 2.75) is 0 Å². The van der Waals surface area contributed by atoms with Crippen molar-refractivity contribution in [3.63, 3.8) is 0 Å². The number of ether oxygens (including phenoxy) is 2. The highest BCUT2D eigenvalue weighted by Crippen LogP contribution is 2.17. The Morgan fingerprint density at radius 3 is 2.58 bits per heavy atom. The molecule has 2 aromatic carbocycles. The first kappa shape index (κ1) is 17.2. The van der Waals surface area contributed by atoms with E-state index >= 15 is 0 Å². The summed E-state index contributed by atoms with van der Waals surface area (Å²) < 4.78 is 10.7. The molecule has 0 spiro atoms. The van der Waals surface area contributed by atoms with Crippen LogP contribution in [0.1, 0.15) is 5.56 Å². The molecular weight excluding hydrogens is 304 g/mol. The van der Waals surface area contributed by atoms with Gasteiger partial charge in [-0.15, -0.1) is 6.42 Å². The molecule has 5 nitrogen and oxygen atoms in total. The second-order valence-corrected chi connectivity index (χ2v) is 5.10. The fourth-order valence-corrected chi connectivity index (χ4v) is 1.98. The van der Waals surface area contributed by atoms with E-state index in [1.807, 2.05) is 30.3 Å². The van der Waals surface area contributed by atoms with Crippen LogP contribution in [0, 0.1) is 12.3 Å². The molecule has 0 radical (unpaired) electrons. The van der Waals surface area contributed by atoms with Gasteiger partial charge in [0.1, 0.15) is 18.1 Å². The Kier molecular flexibility index (Phi) is 6.09. The maximum atomic E-state index is 12.1. The zero-order valence-electron chi connectivity index (χ0n) is 13.8. The second-order valence-electron chi connectivity index (χ2n) is 5.10. The molecule has 5 heteroatoms. The van der Waals surface area contributed by atoms with E-state index in [9.17, 15) is 4.79 Å². The molecule has 124 valence electrons. The van der Waals surface area contributed by atoms with Gasteiger partial charge in [0.05, 0.1) is 13.7 Å². The molecule has 1 N–H and O–H groups in total. The van der Waals surface area contributed by atoms with Crippen LogP contribution in [0.5, 0.6) is 11.5 Å². The number of anilines is 1. The SMILES string of the molecule is C#Cc1cccc(NC(=O)N(C)CCOc2ccc(OC)cc2)c1. The lowest BCUT2D eigenvalue weighted by Crippen LogP contribution is -2.34. The fraction of sp³-hybridized carbons (Fsp3) is 0.211. The highest BCUT2D eigenvalue weighted by atomic mass is 16.5. The van der Waals surface area contributed by atoms with E-state index < -0.39 is 0 Å². The third-order valence-corrected chi connectivity index (χ3v) is 3.38. The van der Waals surface area contributed by atoms with Gasteiger partial charge in [0.15, 0.2) is 0 Å². The highest BCUT2D eigenvalue weighted by Gasteiger charge is 2.09. The molecule has 0 aliphatic rings. The Morgan fingerprint density at radius 2 is 1.92 bits per heavy atom. The van der Waals surface area contributed by atoms with Crippen molar-refractivity contribution in [2.24, 2.45) is 0 Å². The van der Waals surface area contributed by atoms with Gasteiger partial charge in [-0.3, -0.25) is 0 Å². The molecule has 0 unspecified atom stereocenters. The van der Waals surface area contributed by atoms with E-state index in [-0.39, 0.29) is 6.03 Å². The van der Waals surface area contributed by atoms with Gasteiger partial charge in [-0.25, -0.2) is 4.79 Å². The molecule has 2 rings (SSSR count). The average Bonchev–Trinajstić information content (AvgIpc) is 2.62. The standard InChI is InChI=1S/C19H20N2O3/c1-4-15-6-5-7-16(14-15)20-19(22)21(2)12-13-24-18-10-8-17(23-3)9-11-18/h1,5-11,14H,12-13H2,2-3H3,(H,20,22). The fourth-order valence-electron chi connectivity index (χ4n) is 1.98. The first-order chi connectivity index (χ1) is 11.6. The van der Waals surface area contributed by atoms with E-state index in [0.717, 1.165) is 17.1 Å². The van der Waals surface area contributed by atoms with Gasteiger partial charge in [-0.05, 0) is 42.5 Å². The van der Waals surface area contributed by atoms with E-state index in [0.29, 0.717) is 18.8 Å². The normalized spacial score (nSPS) is 9.71. The van der Waals surface area contributed by atoms with Crippen molar-refractivity contribution in [3.05, 3.63) is 54.1 Å². The summed E-state index contributed by atoms with van der Waals surface area (Å²) in [6.45, 7) is 0.841. The first-order valence-electron chi connectivity index (χ1n) is 7.48. The van der Waals surface area contributed by atoms with Crippen molar-refractivity contribution in [1.82, 2.24) is 4.90 Å². The maximum Gasteiger partial charge on any atom is 0.321 e. The van der Waals surface area contributed by atoms with Gasteiger partial charge in [0.2, 0.25) is 0 Å². The molecule has 0 bridgehead atoms. The van der Waals surface area contributed by atoms with Crippen molar-refractivity contribution in [2.75, 3.05) is 32.6 Å². The van der Waals surface area contributed by atoms with E-state index in [1.165, 1.54) is 0 Å². The van der Waals surface area contributed by atoms with Gasteiger partial charge >= 0.3 is 6.03 Å². The summed E-state index contributed by atoms with van der Waals surface area (Å²) in [7, 11) is 3.32. The van der Waals surface area contributed by atoms with E-state index in [4.69, 9.17) is 15.9 Å². The molecular formula is C19H20N2O3. The molecule has 0 saturated carbocycles. The zero-order valence-corrected chi connectivity index (χ0v) is 13.8. The number of likely N-dealkylation sites (N-methyl/N-ethyl adjacent to an activating group) is 1. The average molecular weight is 324 g/mol. The van der Waals surface area contributed by atoms with Crippen LogP contribution in [0.25, 0.3) is 0 Å². The first-order valence-corrected chi connectivity index (χ1v) is 7.48. The number of hydrogen-bond donors (Lipinski definition) is 1. The smallest absolute Gasteiger partial charge is 0.321 e. The molecule has 0 fully saturated rings. The molecule has 0 atom stereocenters. The summed E-state index contributed by atoms with van der Waals surface area (Å²) in [5.74, 6) is 4.04. The monoisotopic (exact) mass is 324 g/mol. The third kappa shape index (κ3) is 4.96. The van der Waals surface area contributed by atoms with Crippen molar-refractivity contribution < 1.29 is 14.3 Å². The van der Waals surface area contributed by atoms with Crippen LogP contribution in [0.4, 0.5) is 10.5 Å². The molecule has 24 heavy (non-hydrogen) atoms. The molecule has 2 aromatic rings. The van der Waals surface area contributed by atoms with Crippen LogP contribution < -0.4 is 14.8 Å². The summed E-state index contributed by atoms with van der Waals surface area (Å²) in [6.07, 6.45) is 5.35. The molecule has 0 aliphatic heterocycles. The van der Waals surface area contributed by atoms with E-state index in [2.05, 4.69) is 11.2 Å². The van der Waals surface area contributed by atoms with Crippen molar-refractivity contribution in [3.8, 4) is 23.8 Å². The van der Waals surface area contributed by atoms with Gasteiger partial charge in [-0.1, -0.05) is 12.0 Å². The highest BCUT2D eigenvalue weighted by molar-refractivity contribution is 5.89. The molecule has 0 aliphatic carbocycles. The Balaban J connectivity index is 1.79. The Hall–Kier alpha value is -3.13. The lowest BCUT2D eigenvalue weighted by atomic mass is 10.2. The number of carbonyl (C=O) groups is 1. The maximum absolute atomic E-state index is 12.1. The summed E-state index contributed by atoms with van der Waals surface area (Å²) >= 11 is 0.